The van der Waals surface area contributed by atoms with E-state index in [1.54, 1.807) is 7.11 Å². The normalized spacial score (nSPS) is 14.5. The number of piperazine rings is 1. The van der Waals surface area contributed by atoms with Crippen LogP contribution in [0.5, 0.6) is 11.5 Å². The van der Waals surface area contributed by atoms with Crippen molar-refractivity contribution in [2.24, 2.45) is 4.99 Å². The molecule has 0 spiro atoms. The van der Waals surface area contributed by atoms with Crippen LogP contribution in [0.15, 0.2) is 47.5 Å². The molecule has 182 valence electrons. The number of hydrogen-bond acceptors (Lipinski definition) is 5. The first-order chi connectivity index (χ1) is 15.6. The van der Waals surface area contributed by atoms with Gasteiger partial charge in [0.15, 0.2) is 17.5 Å². The molecule has 1 saturated heterocycles. The van der Waals surface area contributed by atoms with E-state index in [0.717, 1.165) is 50.8 Å². The number of guanidine groups is 1. The summed E-state index contributed by atoms with van der Waals surface area (Å²) in [7, 11) is 1.62. The average Bonchev–Trinajstić information content (AvgIpc) is 2.81. The van der Waals surface area contributed by atoms with Crippen molar-refractivity contribution in [3.05, 3.63) is 59.2 Å². The van der Waals surface area contributed by atoms with Gasteiger partial charge in [-0.15, -0.1) is 24.0 Å². The van der Waals surface area contributed by atoms with E-state index in [2.05, 4.69) is 53.2 Å². The lowest BCUT2D eigenvalue weighted by Gasteiger charge is -2.36. The Labute approximate surface area is 214 Å². The lowest BCUT2D eigenvalue weighted by Crippen LogP contribution is -2.52. The molecule has 2 aromatic rings. The van der Waals surface area contributed by atoms with Crippen molar-refractivity contribution in [3.8, 4) is 11.5 Å². The van der Waals surface area contributed by atoms with E-state index in [4.69, 9.17) is 19.6 Å². The molecule has 7 nitrogen and oxygen atoms in total. The third kappa shape index (κ3) is 8.35. The van der Waals surface area contributed by atoms with Gasteiger partial charge in [-0.25, -0.2) is 4.99 Å². The number of benzene rings is 2. The highest BCUT2D eigenvalue weighted by Crippen LogP contribution is 2.28. The zero-order valence-corrected chi connectivity index (χ0v) is 22.2. The zero-order valence-electron chi connectivity index (χ0n) is 19.9. The predicted molar refractivity (Wildman–Crippen MR) is 144 cm³/mol. The summed E-state index contributed by atoms with van der Waals surface area (Å²) in [6.07, 6.45) is 0. The Morgan fingerprint density at radius 1 is 1.06 bits per heavy atom. The lowest BCUT2D eigenvalue weighted by atomic mass is 10.1. The van der Waals surface area contributed by atoms with E-state index in [-0.39, 0.29) is 37.2 Å². The maximum Gasteiger partial charge on any atom is 0.194 e. The second-order valence-electron chi connectivity index (χ2n) is 7.98. The molecule has 2 N–H and O–H groups in total. The summed E-state index contributed by atoms with van der Waals surface area (Å²) in [5.41, 5.74) is 3.73. The number of aryl methyl sites for hydroxylation is 1. The van der Waals surface area contributed by atoms with Crippen LogP contribution in [0.3, 0.4) is 0 Å². The maximum atomic E-state index is 8.97. The third-order valence-electron chi connectivity index (χ3n) is 5.48. The van der Waals surface area contributed by atoms with Gasteiger partial charge in [-0.05, 0) is 37.1 Å². The first-order valence-corrected chi connectivity index (χ1v) is 11.3. The van der Waals surface area contributed by atoms with Gasteiger partial charge in [-0.2, -0.15) is 0 Å². The van der Waals surface area contributed by atoms with Gasteiger partial charge in [0.1, 0.15) is 6.61 Å². The molecule has 0 amide bonds. The number of halogens is 1. The molecule has 0 bridgehead atoms. The van der Waals surface area contributed by atoms with E-state index >= 15 is 0 Å². The second kappa shape index (κ2) is 14.3. The Morgan fingerprint density at radius 2 is 1.85 bits per heavy atom. The van der Waals surface area contributed by atoms with Crippen molar-refractivity contribution >= 4 is 29.9 Å². The van der Waals surface area contributed by atoms with Gasteiger partial charge in [0, 0.05) is 39.3 Å². The number of hydrogen-bond donors (Lipinski definition) is 2. The monoisotopic (exact) mass is 568 g/mol. The highest BCUT2D eigenvalue weighted by atomic mass is 127. The number of rotatable bonds is 9. The third-order valence-corrected chi connectivity index (χ3v) is 5.48. The van der Waals surface area contributed by atoms with Crippen molar-refractivity contribution in [3.63, 3.8) is 0 Å². The van der Waals surface area contributed by atoms with E-state index in [9.17, 15) is 0 Å². The van der Waals surface area contributed by atoms with E-state index < -0.39 is 0 Å². The quantitative estimate of drug-likeness (QED) is 0.275. The number of ether oxygens (including phenoxy) is 2. The Morgan fingerprint density at radius 3 is 2.52 bits per heavy atom. The lowest BCUT2D eigenvalue weighted by molar-refractivity contribution is 0.172. The molecule has 1 aliphatic rings. The summed E-state index contributed by atoms with van der Waals surface area (Å²) in [4.78, 5) is 9.72. The number of nitrogens with one attached hydrogen (secondary N) is 1. The maximum absolute atomic E-state index is 8.97. The van der Waals surface area contributed by atoms with Crippen molar-refractivity contribution < 1.29 is 14.6 Å². The average molecular weight is 569 g/mol. The molecule has 1 fully saturated rings. The number of aliphatic hydroxyl groups excluding tert-OH is 1. The summed E-state index contributed by atoms with van der Waals surface area (Å²) in [5, 5.41) is 12.4. The van der Waals surface area contributed by atoms with E-state index in [0.29, 0.717) is 18.0 Å². The highest BCUT2D eigenvalue weighted by Gasteiger charge is 2.19. The van der Waals surface area contributed by atoms with Crippen molar-refractivity contribution in [2.75, 3.05) is 53.0 Å². The van der Waals surface area contributed by atoms with Gasteiger partial charge in [-0.3, -0.25) is 4.90 Å². The molecule has 0 saturated carbocycles. The minimum Gasteiger partial charge on any atom is -0.493 e. The molecular formula is C25H37IN4O3. The number of nitrogens with zero attached hydrogens (tertiary/aromatic N) is 3. The van der Waals surface area contributed by atoms with Gasteiger partial charge in [0.2, 0.25) is 0 Å². The molecule has 0 aromatic heterocycles. The van der Waals surface area contributed by atoms with Gasteiger partial charge >= 0.3 is 0 Å². The van der Waals surface area contributed by atoms with Crippen LogP contribution in [-0.2, 0) is 13.1 Å². The molecule has 0 unspecified atom stereocenters. The molecule has 0 radical (unpaired) electrons. The SMILES string of the molecule is CCNC(=NCc1ccc(OCCO)c(OC)c1)N1CCN(Cc2cccc(C)c2)CC1.I. The van der Waals surface area contributed by atoms with Crippen molar-refractivity contribution in [1.82, 2.24) is 15.1 Å². The Balaban J connectivity index is 0.00000385. The van der Waals surface area contributed by atoms with Crippen LogP contribution in [-0.4, -0.2) is 73.9 Å². The summed E-state index contributed by atoms with van der Waals surface area (Å²) in [6, 6.07) is 14.6. The van der Waals surface area contributed by atoms with Gasteiger partial charge in [-0.1, -0.05) is 35.9 Å². The van der Waals surface area contributed by atoms with Crippen LogP contribution in [0, 0.1) is 6.92 Å². The fourth-order valence-electron chi connectivity index (χ4n) is 3.86. The summed E-state index contributed by atoms with van der Waals surface area (Å²) in [5.74, 6) is 2.23. The highest BCUT2D eigenvalue weighted by molar-refractivity contribution is 14.0. The largest absolute Gasteiger partial charge is 0.493 e. The smallest absolute Gasteiger partial charge is 0.194 e. The van der Waals surface area contributed by atoms with Crippen LogP contribution in [0.25, 0.3) is 0 Å². The summed E-state index contributed by atoms with van der Waals surface area (Å²) in [6.45, 7) is 10.8. The Hall–Kier alpha value is -2.04. The molecule has 3 rings (SSSR count). The standard InChI is InChI=1S/C25H36N4O3.HI/c1-4-26-25(27-18-21-8-9-23(32-15-14-30)24(17-21)31-3)29-12-10-28(11-13-29)19-22-7-5-6-20(2)16-22;/h5-9,16-17,30H,4,10-15,18-19H2,1-3H3,(H,26,27);1H. The van der Waals surface area contributed by atoms with E-state index in [1.165, 1.54) is 11.1 Å². The topological polar surface area (TPSA) is 69.6 Å². The molecule has 8 heteroatoms. The molecule has 1 aliphatic heterocycles. The Bertz CT molecular complexity index is 886. The first-order valence-electron chi connectivity index (χ1n) is 11.3. The van der Waals surface area contributed by atoms with Crippen LogP contribution in [0.1, 0.15) is 23.6 Å². The number of aliphatic imine (C=N–C) groups is 1. The van der Waals surface area contributed by atoms with Gasteiger partial charge in [0.05, 0.1) is 20.3 Å². The summed E-state index contributed by atoms with van der Waals surface area (Å²) < 4.78 is 10.9. The second-order valence-corrected chi connectivity index (χ2v) is 7.98. The molecule has 0 atom stereocenters. The predicted octanol–water partition coefficient (Wildman–Crippen LogP) is 3.28. The van der Waals surface area contributed by atoms with Crippen molar-refractivity contribution in [2.45, 2.75) is 26.9 Å². The molecular weight excluding hydrogens is 531 g/mol. The molecule has 2 aromatic carbocycles. The van der Waals surface area contributed by atoms with Crippen LogP contribution < -0.4 is 14.8 Å². The fraction of sp³-hybridized carbons (Fsp3) is 0.480. The minimum absolute atomic E-state index is 0. The van der Waals surface area contributed by atoms with Gasteiger partial charge in [0.25, 0.3) is 0 Å². The fourth-order valence-corrected chi connectivity index (χ4v) is 3.86. The van der Waals surface area contributed by atoms with Gasteiger partial charge < -0.3 is 24.8 Å². The summed E-state index contributed by atoms with van der Waals surface area (Å²) >= 11 is 0. The number of aliphatic hydroxyl groups is 1. The molecule has 1 heterocycles. The minimum atomic E-state index is -0.0283. The molecule has 0 aliphatic carbocycles. The van der Waals surface area contributed by atoms with E-state index in [1.807, 2.05) is 18.2 Å². The zero-order chi connectivity index (χ0) is 22.8. The molecule has 33 heavy (non-hydrogen) atoms. The van der Waals surface area contributed by atoms with Crippen LogP contribution in [0.4, 0.5) is 0 Å². The Kier molecular flexibility index (Phi) is 11.8. The van der Waals surface area contributed by atoms with Crippen LogP contribution in [0.2, 0.25) is 0 Å². The number of methoxy groups -OCH3 is 1. The van der Waals surface area contributed by atoms with Crippen molar-refractivity contribution in [1.29, 1.82) is 0 Å². The van der Waals surface area contributed by atoms with Crippen LogP contribution >= 0.6 is 24.0 Å². The first kappa shape index (κ1) is 27.2.